The summed E-state index contributed by atoms with van der Waals surface area (Å²) in [6.07, 6.45) is 2.54. The molecule has 0 saturated carbocycles. The Hall–Kier alpha value is -3.19. The van der Waals surface area contributed by atoms with Crippen molar-refractivity contribution in [2.24, 2.45) is 0 Å². The lowest BCUT2D eigenvalue weighted by molar-refractivity contribution is -0.117. The highest BCUT2D eigenvalue weighted by Gasteiger charge is 2.30. The van der Waals surface area contributed by atoms with Crippen LogP contribution < -0.4 is 15.4 Å². The predicted octanol–water partition coefficient (Wildman–Crippen LogP) is 4.46. The van der Waals surface area contributed by atoms with Crippen LogP contribution in [0, 0.1) is 0 Å². The number of nitrogens with one attached hydrogen (secondary N) is 2. The summed E-state index contributed by atoms with van der Waals surface area (Å²) in [6.45, 7) is 0. The first-order valence-electron chi connectivity index (χ1n) is 9.45. The summed E-state index contributed by atoms with van der Waals surface area (Å²) >= 11 is 1.45. The molecule has 2 aromatic carbocycles. The highest BCUT2D eigenvalue weighted by atomic mass is 32.1. The Morgan fingerprint density at radius 2 is 1.83 bits per heavy atom. The first kappa shape index (κ1) is 19.1. The average Bonchev–Trinajstić information content (AvgIpc) is 3.17. The summed E-state index contributed by atoms with van der Waals surface area (Å²) in [6, 6.07) is 16.3. The molecule has 6 nitrogen and oxygen atoms in total. The van der Waals surface area contributed by atoms with E-state index >= 15 is 0 Å². The van der Waals surface area contributed by atoms with Crippen molar-refractivity contribution in [3.63, 3.8) is 0 Å². The number of rotatable bonds is 5. The molecule has 1 heterocycles. The van der Waals surface area contributed by atoms with Crippen molar-refractivity contribution < 1.29 is 14.3 Å². The Morgan fingerprint density at radius 3 is 2.55 bits per heavy atom. The number of carbonyl (C=O) groups excluding carboxylic acids is 2. The maximum atomic E-state index is 12.9. The smallest absolute Gasteiger partial charge is 0.257 e. The van der Waals surface area contributed by atoms with Gasteiger partial charge in [-0.1, -0.05) is 18.2 Å². The molecule has 1 aromatic heterocycles. The molecular weight excluding hydrogens is 386 g/mol. The number of ether oxygens (including phenoxy) is 1. The second kappa shape index (κ2) is 8.45. The fraction of sp³-hybridized carbons (Fsp3) is 0.227. The first-order valence-corrected chi connectivity index (χ1v) is 10.3. The Kier molecular flexibility index (Phi) is 5.57. The van der Waals surface area contributed by atoms with Crippen molar-refractivity contribution in [1.29, 1.82) is 0 Å². The maximum absolute atomic E-state index is 12.9. The summed E-state index contributed by atoms with van der Waals surface area (Å²) in [7, 11) is 1.60. The Morgan fingerprint density at radius 1 is 1.07 bits per heavy atom. The number of nitrogens with zero attached hydrogens (tertiary/aromatic N) is 1. The van der Waals surface area contributed by atoms with Gasteiger partial charge in [-0.15, -0.1) is 11.3 Å². The summed E-state index contributed by atoms with van der Waals surface area (Å²) < 4.78 is 5.15. The second-order valence-corrected chi connectivity index (χ2v) is 7.89. The van der Waals surface area contributed by atoms with Crippen molar-refractivity contribution in [1.82, 2.24) is 4.98 Å². The van der Waals surface area contributed by atoms with Crippen molar-refractivity contribution in [2.75, 3.05) is 17.7 Å². The lowest BCUT2D eigenvalue weighted by Crippen LogP contribution is -2.24. The molecule has 0 saturated heterocycles. The molecule has 0 fully saturated rings. The number of fused-ring (bicyclic) bond motifs is 1. The lowest BCUT2D eigenvalue weighted by atomic mass is 9.90. The number of aryl methyl sites for hydroxylation is 1. The summed E-state index contributed by atoms with van der Waals surface area (Å²) in [5.74, 6) is 0.138. The molecule has 7 heteroatoms. The van der Waals surface area contributed by atoms with Crippen molar-refractivity contribution in [3.05, 3.63) is 70.7 Å². The van der Waals surface area contributed by atoms with E-state index in [-0.39, 0.29) is 17.7 Å². The van der Waals surface area contributed by atoms with Crippen LogP contribution in [-0.2, 0) is 11.2 Å². The Balaban J connectivity index is 1.49. The quantitative estimate of drug-likeness (QED) is 0.654. The number of amides is 2. The second-order valence-electron chi connectivity index (χ2n) is 6.81. The van der Waals surface area contributed by atoms with Crippen LogP contribution in [0.5, 0.6) is 5.75 Å². The molecule has 2 amide bonds. The normalized spacial score (nSPS) is 15.3. The monoisotopic (exact) mass is 407 g/mol. The average molecular weight is 407 g/mol. The van der Waals surface area contributed by atoms with Crippen LogP contribution in [-0.4, -0.2) is 23.9 Å². The highest BCUT2D eigenvalue weighted by Crippen LogP contribution is 2.37. The minimum Gasteiger partial charge on any atom is -0.497 e. The van der Waals surface area contributed by atoms with E-state index < -0.39 is 0 Å². The van der Waals surface area contributed by atoms with Gasteiger partial charge in [-0.3, -0.25) is 14.9 Å². The molecule has 3 aromatic rings. The van der Waals surface area contributed by atoms with Crippen molar-refractivity contribution >= 4 is 34.0 Å². The van der Waals surface area contributed by atoms with Crippen LogP contribution in [0.15, 0.2) is 54.6 Å². The van der Waals surface area contributed by atoms with Crippen LogP contribution in [0.2, 0.25) is 0 Å². The molecule has 0 aliphatic heterocycles. The van der Waals surface area contributed by atoms with Gasteiger partial charge < -0.3 is 10.1 Å². The number of hydrogen-bond acceptors (Lipinski definition) is 5. The van der Waals surface area contributed by atoms with Gasteiger partial charge in [0, 0.05) is 16.1 Å². The van der Waals surface area contributed by atoms with E-state index in [4.69, 9.17) is 4.74 Å². The van der Waals surface area contributed by atoms with Gasteiger partial charge in [-0.25, -0.2) is 4.98 Å². The van der Waals surface area contributed by atoms with Gasteiger partial charge in [-0.2, -0.15) is 0 Å². The van der Waals surface area contributed by atoms with E-state index in [1.165, 1.54) is 11.3 Å². The molecule has 1 aliphatic carbocycles. The minimum absolute atomic E-state index is 0.0812. The van der Waals surface area contributed by atoms with Crippen LogP contribution >= 0.6 is 11.3 Å². The fourth-order valence-electron chi connectivity index (χ4n) is 3.39. The molecule has 2 N–H and O–H groups in total. The number of carbonyl (C=O) groups is 2. The van der Waals surface area contributed by atoms with Crippen LogP contribution in [0.1, 0.15) is 39.7 Å². The van der Waals surface area contributed by atoms with Crippen molar-refractivity contribution in [2.45, 2.75) is 25.2 Å². The molecule has 0 spiro atoms. The van der Waals surface area contributed by atoms with E-state index in [1.807, 2.05) is 42.5 Å². The number of benzene rings is 2. The van der Waals surface area contributed by atoms with Crippen LogP contribution in [0.25, 0.3) is 0 Å². The topological polar surface area (TPSA) is 80.3 Å². The molecule has 148 valence electrons. The Bertz CT molecular complexity index is 1020. The molecule has 1 unspecified atom stereocenters. The first-order chi connectivity index (χ1) is 14.1. The zero-order valence-corrected chi connectivity index (χ0v) is 16.8. The number of aromatic nitrogens is 1. The largest absolute Gasteiger partial charge is 0.497 e. The maximum Gasteiger partial charge on any atom is 0.257 e. The molecule has 1 atom stereocenters. The molecule has 1 aliphatic rings. The third-order valence-electron chi connectivity index (χ3n) is 4.88. The van der Waals surface area contributed by atoms with Gasteiger partial charge in [0.05, 0.1) is 18.7 Å². The molecule has 29 heavy (non-hydrogen) atoms. The zero-order chi connectivity index (χ0) is 20.2. The highest BCUT2D eigenvalue weighted by molar-refractivity contribution is 7.16. The van der Waals surface area contributed by atoms with E-state index in [1.54, 1.807) is 19.2 Å². The van der Waals surface area contributed by atoms with E-state index in [9.17, 15) is 9.59 Å². The van der Waals surface area contributed by atoms with Gasteiger partial charge >= 0.3 is 0 Å². The van der Waals surface area contributed by atoms with Gasteiger partial charge in [0.1, 0.15) is 5.75 Å². The summed E-state index contributed by atoms with van der Waals surface area (Å²) in [5.41, 5.74) is 2.07. The van der Waals surface area contributed by atoms with Crippen LogP contribution in [0.3, 0.4) is 0 Å². The summed E-state index contributed by atoms with van der Waals surface area (Å²) in [5, 5.41) is 6.36. The van der Waals surface area contributed by atoms with Crippen molar-refractivity contribution in [3.8, 4) is 5.75 Å². The molecule has 0 radical (unpaired) electrons. The van der Waals surface area contributed by atoms with E-state index in [2.05, 4.69) is 15.6 Å². The molecule has 0 bridgehead atoms. The SMILES string of the molecule is COc1ccc(NC(=O)C2CCCc3sc(NC(=O)c4ccccc4)nc32)cc1. The lowest BCUT2D eigenvalue weighted by Gasteiger charge is -2.20. The van der Waals surface area contributed by atoms with Crippen LogP contribution in [0.4, 0.5) is 10.8 Å². The van der Waals surface area contributed by atoms with Gasteiger partial charge in [0.2, 0.25) is 5.91 Å². The van der Waals surface area contributed by atoms with E-state index in [0.717, 1.165) is 41.3 Å². The van der Waals surface area contributed by atoms with Gasteiger partial charge in [-0.05, 0) is 55.7 Å². The zero-order valence-electron chi connectivity index (χ0n) is 16.0. The fourth-order valence-corrected chi connectivity index (χ4v) is 4.45. The molecule has 4 rings (SSSR count). The standard InChI is InChI=1S/C22H21N3O3S/c1-28-16-12-10-15(11-13-16)23-21(27)17-8-5-9-18-19(17)24-22(29-18)25-20(26)14-6-3-2-4-7-14/h2-4,6-7,10-13,17H,5,8-9H2,1H3,(H,23,27)(H,24,25,26). The number of hydrogen-bond donors (Lipinski definition) is 2. The summed E-state index contributed by atoms with van der Waals surface area (Å²) in [4.78, 5) is 30.9. The van der Waals surface area contributed by atoms with Gasteiger partial charge in [0.25, 0.3) is 5.91 Å². The van der Waals surface area contributed by atoms with E-state index in [0.29, 0.717) is 10.7 Å². The number of anilines is 2. The molecular formula is C22H21N3O3S. The number of thiazole rings is 1. The third kappa shape index (κ3) is 4.30. The predicted molar refractivity (Wildman–Crippen MR) is 114 cm³/mol. The Labute approximate surface area is 172 Å². The van der Waals surface area contributed by atoms with Gasteiger partial charge in [0.15, 0.2) is 5.13 Å². The third-order valence-corrected chi connectivity index (χ3v) is 5.93. The minimum atomic E-state index is -0.320. The number of methoxy groups -OCH3 is 1.